The molecule has 3 aromatic rings. The van der Waals surface area contributed by atoms with Crippen LogP contribution in [0.2, 0.25) is 10.0 Å². The summed E-state index contributed by atoms with van der Waals surface area (Å²) in [6, 6.07) is 9.60. The maximum absolute atomic E-state index is 8.69. The number of rotatable bonds is 6. The van der Waals surface area contributed by atoms with E-state index in [4.69, 9.17) is 39.2 Å². The summed E-state index contributed by atoms with van der Waals surface area (Å²) in [5, 5.41) is 13.9. The molecule has 1 atom stereocenters. The number of benzene rings is 1. The van der Waals surface area contributed by atoms with Crippen LogP contribution in [0.15, 0.2) is 30.5 Å². The molecule has 1 fully saturated rings. The monoisotopic (exact) mass is 441 g/mol. The Bertz CT molecular complexity index is 1090. The van der Waals surface area contributed by atoms with Gasteiger partial charge in [-0.2, -0.15) is 10.2 Å². The lowest BCUT2D eigenvalue weighted by Gasteiger charge is -2.22. The van der Waals surface area contributed by atoms with Gasteiger partial charge >= 0.3 is 0 Å². The normalized spacial score (nSPS) is 16.2. The van der Waals surface area contributed by atoms with Crippen molar-refractivity contribution in [1.29, 1.82) is 5.26 Å². The van der Waals surface area contributed by atoms with Crippen molar-refractivity contribution in [2.45, 2.75) is 12.8 Å². The summed E-state index contributed by atoms with van der Waals surface area (Å²) < 4.78 is 0. The fourth-order valence-electron chi connectivity index (χ4n) is 3.79. The third kappa shape index (κ3) is 4.26. The van der Waals surface area contributed by atoms with Gasteiger partial charge in [0, 0.05) is 48.8 Å². The maximum Gasteiger partial charge on any atom is 0.222 e. The smallest absolute Gasteiger partial charge is 0.222 e. The number of hydrogen-bond acceptors (Lipinski definition) is 7. The fraction of sp³-hybridized carbons (Fsp3) is 0.333. The molecule has 1 unspecified atom stereocenters. The average molecular weight is 442 g/mol. The predicted octanol–water partition coefficient (Wildman–Crippen LogP) is 3.91. The molecule has 0 radical (unpaired) electrons. The van der Waals surface area contributed by atoms with Crippen molar-refractivity contribution in [1.82, 2.24) is 20.3 Å². The molecule has 1 aromatic carbocycles. The highest BCUT2D eigenvalue weighted by Gasteiger charge is 2.27. The molecule has 30 heavy (non-hydrogen) atoms. The van der Waals surface area contributed by atoms with Crippen LogP contribution in [-0.2, 0) is 0 Å². The van der Waals surface area contributed by atoms with Crippen LogP contribution in [0.25, 0.3) is 22.2 Å². The van der Waals surface area contributed by atoms with Gasteiger partial charge < -0.3 is 16.0 Å². The zero-order chi connectivity index (χ0) is 21.1. The summed E-state index contributed by atoms with van der Waals surface area (Å²) in [5.41, 5.74) is 7.92. The third-order valence-electron chi connectivity index (χ3n) is 5.23. The van der Waals surface area contributed by atoms with E-state index < -0.39 is 0 Å². The Morgan fingerprint density at radius 1 is 1.27 bits per heavy atom. The highest BCUT2D eigenvalue weighted by molar-refractivity contribution is 6.39. The Balaban J connectivity index is 1.72. The maximum atomic E-state index is 8.69. The Hall–Kier alpha value is -2.66. The van der Waals surface area contributed by atoms with Gasteiger partial charge in [0.2, 0.25) is 5.95 Å². The van der Waals surface area contributed by atoms with Crippen LogP contribution in [-0.4, -0.2) is 41.1 Å². The highest BCUT2D eigenvalue weighted by atomic mass is 35.5. The molecule has 1 aliphatic rings. The molecule has 1 aliphatic heterocycles. The summed E-state index contributed by atoms with van der Waals surface area (Å²) >= 11 is 13.1. The van der Waals surface area contributed by atoms with E-state index in [1.807, 2.05) is 24.3 Å². The van der Waals surface area contributed by atoms with Gasteiger partial charge in [0.25, 0.3) is 0 Å². The number of nitriles is 1. The van der Waals surface area contributed by atoms with Gasteiger partial charge in [-0.1, -0.05) is 29.3 Å². The van der Waals surface area contributed by atoms with Crippen LogP contribution in [0, 0.1) is 17.2 Å². The van der Waals surface area contributed by atoms with Gasteiger partial charge in [-0.05, 0) is 37.1 Å². The minimum atomic E-state index is 0.186. The van der Waals surface area contributed by atoms with Crippen LogP contribution >= 0.6 is 23.2 Å². The number of pyridine rings is 1. The summed E-state index contributed by atoms with van der Waals surface area (Å²) in [7, 11) is 0. The lowest BCUT2D eigenvalue weighted by molar-refractivity contribution is 0.521. The topological polar surface area (TPSA) is 104 Å². The van der Waals surface area contributed by atoms with Crippen molar-refractivity contribution in [3.05, 3.63) is 40.5 Å². The standard InChI is InChI=1S/C21H21Cl2N7/c22-16-3-1-4-17(23)18(16)15-9-14-11-27-21(25)29-19(14)28-20(15)30-8-5-13(12-30)10-26-7-2-6-24/h1,3-4,9,11,13,26H,2,5,7-8,10,12H2,(H2,25,27,28,29). The fourth-order valence-corrected chi connectivity index (χ4v) is 4.39. The van der Waals surface area contributed by atoms with Gasteiger partial charge in [0.05, 0.1) is 16.1 Å². The van der Waals surface area contributed by atoms with Crippen LogP contribution in [0.4, 0.5) is 11.8 Å². The lowest BCUT2D eigenvalue weighted by atomic mass is 10.0. The van der Waals surface area contributed by atoms with Gasteiger partial charge in [-0.25, -0.2) is 9.97 Å². The number of nitrogens with two attached hydrogens (primary N) is 1. The predicted molar refractivity (Wildman–Crippen MR) is 121 cm³/mol. The lowest BCUT2D eigenvalue weighted by Crippen LogP contribution is -2.27. The second kappa shape index (κ2) is 9.00. The SMILES string of the molecule is N#CCCNCC1CCN(c2nc3nc(N)ncc3cc2-c2c(Cl)cccc2Cl)C1. The van der Waals surface area contributed by atoms with Gasteiger partial charge in [-0.15, -0.1) is 0 Å². The van der Waals surface area contributed by atoms with Crippen LogP contribution in [0.5, 0.6) is 0 Å². The molecule has 1 saturated heterocycles. The quantitative estimate of drug-likeness (QED) is 0.558. The first-order valence-electron chi connectivity index (χ1n) is 9.77. The second-order valence-electron chi connectivity index (χ2n) is 7.31. The van der Waals surface area contributed by atoms with E-state index in [9.17, 15) is 0 Å². The second-order valence-corrected chi connectivity index (χ2v) is 8.12. The number of aromatic nitrogens is 3. The Morgan fingerprint density at radius 3 is 2.83 bits per heavy atom. The van der Waals surface area contributed by atoms with E-state index in [0.29, 0.717) is 34.6 Å². The van der Waals surface area contributed by atoms with Crippen LogP contribution < -0.4 is 16.0 Å². The molecule has 3 N–H and O–H groups in total. The number of halogens is 2. The zero-order valence-corrected chi connectivity index (χ0v) is 17.8. The average Bonchev–Trinajstić information content (AvgIpc) is 3.19. The summed E-state index contributed by atoms with van der Waals surface area (Å²) in [5.74, 6) is 1.44. The van der Waals surface area contributed by atoms with E-state index in [-0.39, 0.29) is 5.95 Å². The molecule has 0 amide bonds. The number of nitrogen functional groups attached to an aromatic ring is 1. The largest absolute Gasteiger partial charge is 0.368 e. The molecular weight excluding hydrogens is 421 g/mol. The number of nitrogens with zero attached hydrogens (tertiary/aromatic N) is 5. The van der Waals surface area contributed by atoms with E-state index in [2.05, 4.69) is 26.3 Å². The molecular formula is C21H21Cl2N7. The Kier molecular flexibility index (Phi) is 6.18. The third-order valence-corrected chi connectivity index (χ3v) is 5.86. The van der Waals surface area contributed by atoms with E-state index in [1.54, 1.807) is 6.20 Å². The van der Waals surface area contributed by atoms with Crippen molar-refractivity contribution >= 4 is 46.0 Å². The minimum Gasteiger partial charge on any atom is -0.368 e. The molecule has 154 valence electrons. The number of anilines is 2. The van der Waals surface area contributed by atoms with Crippen molar-refractivity contribution in [2.75, 3.05) is 36.8 Å². The summed E-state index contributed by atoms with van der Waals surface area (Å²) in [6.45, 7) is 3.27. The van der Waals surface area contributed by atoms with E-state index in [0.717, 1.165) is 48.4 Å². The van der Waals surface area contributed by atoms with Crippen LogP contribution in [0.1, 0.15) is 12.8 Å². The Morgan fingerprint density at radius 2 is 2.07 bits per heavy atom. The molecule has 0 bridgehead atoms. The molecule has 3 heterocycles. The zero-order valence-electron chi connectivity index (χ0n) is 16.3. The number of hydrogen-bond donors (Lipinski definition) is 2. The van der Waals surface area contributed by atoms with Gasteiger partial charge in [0.1, 0.15) is 5.82 Å². The molecule has 4 rings (SSSR count). The summed E-state index contributed by atoms with van der Waals surface area (Å²) in [6.07, 6.45) is 3.20. The Labute approximate surface area is 184 Å². The molecule has 7 nitrogen and oxygen atoms in total. The van der Waals surface area contributed by atoms with Crippen LogP contribution in [0.3, 0.4) is 0 Å². The molecule has 9 heteroatoms. The van der Waals surface area contributed by atoms with E-state index >= 15 is 0 Å². The number of nitrogens with one attached hydrogen (secondary N) is 1. The highest BCUT2D eigenvalue weighted by Crippen LogP contribution is 2.41. The van der Waals surface area contributed by atoms with Crippen molar-refractivity contribution in [2.24, 2.45) is 5.92 Å². The number of fused-ring (bicyclic) bond motifs is 1. The van der Waals surface area contributed by atoms with Crippen molar-refractivity contribution in [3.63, 3.8) is 0 Å². The first kappa shape index (κ1) is 20.6. The van der Waals surface area contributed by atoms with Gasteiger partial charge in [0.15, 0.2) is 5.65 Å². The van der Waals surface area contributed by atoms with Crippen molar-refractivity contribution < 1.29 is 0 Å². The molecule has 2 aromatic heterocycles. The van der Waals surface area contributed by atoms with Gasteiger partial charge in [-0.3, -0.25) is 0 Å². The first-order chi connectivity index (χ1) is 14.6. The molecule has 0 aliphatic carbocycles. The first-order valence-corrected chi connectivity index (χ1v) is 10.5. The molecule has 0 saturated carbocycles. The van der Waals surface area contributed by atoms with Crippen molar-refractivity contribution in [3.8, 4) is 17.2 Å². The van der Waals surface area contributed by atoms with E-state index in [1.165, 1.54) is 0 Å². The molecule has 0 spiro atoms. The summed E-state index contributed by atoms with van der Waals surface area (Å²) in [4.78, 5) is 15.5. The minimum absolute atomic E-state index is 0.186.